The summed E-state index contributed by atoms with van der Waals surface area (Å²) in [5.41, 5.74) is 0. The van der Waals surface area contributed by atoms with Crippen molar-refractivity contribution in [2.24, 2.45) is 5.92 Å². The average Bonchev–Trinajstić information content (AvgIpc) is 2.48. The molecule has 1 saturated heterocycles. The molecule has 1 aliphatic rings. The van der Waals surface area contributed by atoms with E-state index in [4.69, 9.17) is 4.74 Å². The lowest BCUT2D eigenvalue weighted by molar-refractivity contribution is 0.134. The summed E-state index contributed by atoms with van der Waals surface area (Å²) in [6.45, 7) is 7.91. The molecule has 1 rings (SSSR count). The topological polar surface area (TPSA) is 12.5 Å². The molecule has 1 fully saturated rings. The van der Waals surface area contributed by atoms with Gasteiger partial charge in [0.15, 0.2) is 0 Å². The molecule has 2 nitrogen and oxygen atoms in total. The highest BCUT2D eigenvalue weighted by Gasteiger charge is 2.24. The van der Waals surface area contributed by atoms with Gasteiger partial charge in [-0.05, 0) is 31.7 Å². The van der Waals surface area contributed by atoms with E-state index in [9.17, 15) is 0 Å². The number of hydrogen-bond acceptors (Lipinski definition) is 2. The van der Waals surface area contributed by atoms with Gasteiger partial charge in [0.25, 0.3) is 0 Å². The van der Waals surface area contributed by atoms with E-state index in [1.54, 1.807) is 7.11 Å². The largest absolute Gasteiger partial charge is 0.383 e. The van der Waals surface area contributed by atoms with Crippen LogP contribution < -0.4 is 0 Å². The fraction of sp³-hybridized carbons (Fsp3) is 1.00. The monoisotopic (exact) mass is 185 g/mol. The molecule has 0 aromatic heterocycles. The summed E-state index contributed by atoms with van der Waals surface area (Å²) >= 11 is 0. The van der Waals surface area contributed by atoms with Gasteiger partial charge in [-0.25, -0.2) is 0 Å². The molecule has 2 heteroatoms. The molecule has 0 spiro atoms. The van der Waals surface area contributed by atoms with Crippen molar-refractivity contribution in [3.05, 3.63) is 0 Å². The van der Waals surface area contributed by atoms with Crippen LogP contribution in [0, 0.1) is 5.92 Å². The second-order valence-electron chi connectivity index (χ2n) is 4.45. The van der Waals surface area contributed by atoms with Gasteiger partial charge in [0.2, 0.25) is 0 Å². The van der Waals surface area contributed by atoms with E-state index in [0.29, 0.717) is 0 Å². The molecule has 1 unspecified atom stereocenters. The van der Waals surface area contributed by atoms with Gasteiger partial charge in [-0.15, -0.1) is 0 Å². The number of rotatable bonds is 5. The van der Waals surface area contributed by atoms with Gasteiger partial charge in [0, 0.05) is 19.7 Å². The molecule has 0 radical (unpaired) electrons. The van der Waals surface area contributed by atoms with Gasteiger partial charge >= 0.3 is 0 Å². The number of ether oxygens (including phenoxy) is 1. The highest BCUT2D eigenvalue weighted by Crippen LogP contribution is 2.22. The van der Waals surface area contributed by atoms with Crippen LogP contribution in [0.3, 0.4) is 0 Å². The van der Waals surface area contributed by atoms with Crippen LogP contribution in [0.25, 0.3) is 0 Å². The Morgan fingerprint density at radius 2 is 2.23 bits per heavy atom. The minimum atomic E-state index is 0.827. The molecule has 1 heterocycles. The Balaban J connectivity index is 2.26. The van der Waals surface area contributed by atoms with Crippen LogP contribution in [-0.4, -0.2) is 37.7 Å². The standard InChI is InChI=1S/C11H23NO/c1-10(2)9-11-5-4-6-12(11)7-8-13-3/h10-11H,4-9H2,1-3H3. The van der Waals surface area contributed by atoms with E-state index in [-0.39, 0.29) is 0 Å². The Bertz CT molecular complexity index is 136. The first kappa shape index (κ1) is 11.0. The maximum absolute atomic E-state index is 5.12. The fourth-order valence-corrected chi connectivity index (χ4v) is 2.21. The third kappa shape index (κ3) is 3.65. The van der Waals surface area contributed by atoms with Gasteiger partial charge in [0.05, 0.1) is 6.61 Å². The Kier molecular flexibility index (Phi) is 4.74. The van der Waals surface area contributed by atoms with Gasteiger partial charge in [-0.3, -0.25) is 4.90 Å². The molecule has 0 aliphatic carbocycles. The molecule has 0 aromatic rings. The van der Waals surface area contributed by atoms with E-state index < -0.39 is 0 Å². The second-order valence-corrected chi connectivity index (χ2v) is 4.45. The van der Waals surface area contributed by atoms with Crippen molar-refractivity contribution in [1.82, 2.24) is 4.90 Å². The Morgan fingerprint density at radius 1 is 1.46 bits per heavy atom. The van der Waals surface area contributed by atoms with Crippen molar-refractivity contribution in [2.45, 2.75) is 39.2 Å². The van der Waals surface area contributed by atoms with Crippen molar-refractivity contribution < 1.29 is 4.74 Å². The molecule has 0 N–H and O–H groups in total. The number of nitrogens with zero attached hydrogens (tertiary/aromatic N) is 1. The summed E-state index contributed by atoms with van der Waals surface area (Å²) < 4.78 is 5.12. The minimum absolute atomic E-state index is 0.827. The van der Waals surface area contributed by atoms with E-state index >= 15 is 0 Å². The van der Waals surface area contributed by atoms with Gasteiger partial charge in [0.1, 0.15) is 0 Å². The summed E-state index contributed by atoms with van der Waals surface area (Å²) in [4.78, 5) is 2.59. The van der Waals surface area contributed by atoms with Crippen LogP contribution >= 0.6 is 0 Å². The smallest absolute Gasteiger partial charge is 0.0589 e. The zero-order valence-electron chi connectivity index (χ0n) is 9.25. The van der Waals surface area contributed by atoms with Crippen LogP contribution in [0.5, 0.6) is 0 Å². The zero-order chi connectivity index (χ0) is 9.68. The van der Waals surface area contributed by atoms with Crippen LogP contribution in [0.4, 0.5) is 0 Å². The van der Waals surface area contributed by atoms with Crippen molar-refractivity contribution in [1.29, 1.82) is 0 Å². The summed E-state index contributed by atoms with van der Waals surface area (Å²) in [6.07, 6.45) is 4.12. The lowest BCUT2D eigenvalue weighted by atomic mass is 10.0. The third-order valence-corrected chi connectivity index (χ3v) is 2.83. The van der Waals surface area contributed by atoms with E-state index in [1.165, 1.54) is 25.8 Å². The van der Waals surface area contributed by atoms with Crippen LogP contribution in [0.1, 0.15) is 33.1 Å². The second kappa shape index (κ2) is 5.61. The predicted molar refractivity (Wildman–Crippen MR) is 55.9 cm³/mol. The minimum Gasteiger partial charge on any atom is -0.383 e. The predicted octanol–water partition coefficient (Wildman–Crippen LogP) is 2.14. The lowest BCUT2D eigenvalue weighted by Crippen LogP contribution is -2.33. The summed E-state index contributed by atoms with van der Waals surface area (Å²) in [7, 11) is 1.79. The highest BCUT2D eigenvalue weighted by atomic mass is 16.5. The van der Waals surface area contributed by atoms with Crippen molar-refractivity contribution in [2.75, 3.05) is 26.8 Å². The Morgan fingerprint density at radius 3 is 2.85 bits per heavy atom. The third-order valence-electron chi connectivity index (χ3n) is 2.83. The Hall–Kier alpha value is -0.0800. The van der Waals surface area contributed by atoms with Crippen molar-refractivity contribution in [3.63, 3.8) is 0 Å². The lowest BCUT2D eigenvalue weighted by Gasteiger charge is -2.25. The first-order valence-electron chi connectivity index (χ1n) is 5.47. The fourth-order valence-electron chi connectivity index (χ4n) is 2.21. The molecular weight excluding hydrogens is 162 g/mol. The highest BCUT2D eigenvalue weighted by molar-refractivity contribution is 4.79. The van der Waals surface area contributed by atoms with E-state index in [0.717, 1.165) is 25.1 Å². The number of likely N-dealkylation sites (tertiary alicyclic amines) is 1. The molecule has 0 bridgehead atoms. The van der Waals surface area contributed by atoms with Crippen LogP contribution in [0.2, 0.25) is 0 Å². The van der Waals surface area contributed by atoms with Crippen molar-refractivity contribution >= 4 is 0 Å². The van der Waals surface area contributed by atoms with Gasteiger partial charge in [-0.2, -0.15) is 0 Å². The summed E-state index contributed by atoms with van der Waals surface area (Å²) in [6, 6.07) is 0.829. The van der Waals surface area contributed by atoms with Crippen LogP contribution in [-0.2, 0) is 4.74 Å². The van der Waals surface area contributed by atoms with E-state index in [2.05, 4.69) is 18.7 Å². The zero-order valence-corrected chi connectivity index (χ0v) is 9.25. The molecule has 0 amide bonds. The quantitative estimate of drug-likeness (QED) is 0.650. The first-order chi connectivity index (χ1) is 6.24. The number of methoxy groups -OCH3 is 1. The van der Waals surface area contributed by atoms with E-state index in [1.807, 2.05) is 0 Å². The SMILES string of the molecule is COCCN1CCCC1CC(C)C. The molecule has 1 aliphatic heterocycles. The van der Waals surface area contributed by atoms with Gasteiger partial charge in [-0.1, -0.05) is 13.8 Å². The molecule has 1 atom stereocenters. The average molecular weight is 185 g/mol. The maximum Gasteiger partial charge on any atom is 0.0589 e. The van der Waals surface area contributed by atoms with Crippen LogP contribution in [0.15, 0.2) is 0 Å². The maximum atomic E-state index is 5.12. The first-order valence-corrected chi connectivity index (χ1v) is 5.47. The molecular formula is C11H23NO. The normalized spacial score (nSPS) is 24.5. The molecule has 13 heavy (non-hydrogen) atoms. The molecule has 0 aromatic carbocycles. The van der Waals surface area contributed by atoms with Crippen molar-refractivity contribution in [3.8, 4) is 0 Å². The molecule has 0 saturated carbocycles. The van der Waals surface area contributed by atoms with Gasteiger partial charge < -0.3 is 4.74 Å². The Labute approximate surface area is 82.3 Å². The number of hydrogen-bond donors (Lipinski definition) is 0. The summed E-state index contributed by atoms with van der Waals surface area (Å²) in [5.74, 6) is 0.827. The molecule has 78 valence electrons. The summed E-state index contributed by atoms with van der Waals surface area (Å²) in [5, 5.41) is 0.